The zero-order valence-corrected chi connectivity index (χ0v) is 13.0. The summed E-state index contributed by atoms with van der Waals surface area (Å²) in [6.45, 7) is 2.31. The largest absolute Gasteiger partial charge is 0.417 e. The van der Waals surface area contributed by atoms with Crippen molar-refractivity contribution in [3.8, 4) is 11.8 Å². The van der Waals surface area contributed by atoms with Crippen molar-refractivity contribution in [1.82, 2.24) is 9.97 Å². The summed E-state index contributed by atoms with van der Waals surface area (Å²) in [4.78, 5) is 7.98. The van der Waals surface area contributed by atoms with Gasteiger partial charge in [-0.15, -0.1) is 0 Å². The molecule has 0 radical (unpaired) electrons. The molecule has 0 saturated heterocycles. The van der Waals surface area contributed by atoms with Crippen molar-refractivity contribution in [2.24, 2.45) is 0 Å². The fraction of sp³-hybridized carbons (Fsp3) is 0.250. The normalized spacial score (nSPS) is 10.8. The summed E-state index contributed by atoms with van der Waals surface area (Å²) in [5, 5.41) is 3.06. The van der Waals surface area contributed by atoms with E-state index >= 15 is 0 Å². The van der Waals surface area contributed by atoms with Gasteiger partial charge < -0.3 is 5.32 Å². The van der Waals surface area contributed by atoms with Crippen LogP contribution in [0.4, 0.5) is 19.0 Å². The van der Waals surface area contributed by atoms with Crippen LogP contribution >= 0.6 is 11.6 Å². The fourth-order valence-electron chi connectivity index (χ4n) is 1.82. The van der Waals surface area contributed by atoms with Crippen LogP contribution in [-0.4, -0.2) is 16.5 Å². The first-order valence-electron chi connectivity index (χ1n) is 6.74. The molecule has 3 nitrogen and oxygen atoms in total. The molecule has 0 unspecified atom stereocenters. The molecule has 0 fully saturated rings. The Morgan fingerprint density at radius 3 is 2.70 bits per heavy atom. The Bertz CT molecular complexity index is 748. The van der Waals surface area contributed by atoms with Crippen LogP contribution in [0, 0.1) is 18.8 Å². The number of hydrogen-bond acceptors (Lipinski definition) is 3. The second-order valence-electron chi connectivity index (χ2n) is 4.71. The van der Waals surface area contributed by atoms with Crippen molar-refractivity contribution in [3.05, 3.63) is 52.4 Å². The van der Waals surface area contributed by atoms with Crippen molar-refractivity contribution in [1.29, 1.82) is 0 Å². The van der Waals surface area contributed by atoms with E-state index in [4.69, 9.17) is 11.6 Å². The van der Waals surface area contributed by atoms with E-state index in [-0.39, 0.29) is 10.6 Å². The maximum atomic E-state index is 12.9. The quantitative estimate of drug-likeness (QED) is 0.669. The highest BCUT2D eigenvalue weighted by Gasteiger charge is 2.33. The second-order valence-corrected chi connectivity index (χ2v) is 5.15. The molecule has 0 bridgehead atoms. The minimum Gasteiger partial charge on any atom is -0.369 e. The first-order valence-corrected chi connectivity index (χ1v) is 7.12. The van der Waals surface area contributed by atoms with E-state index < -0.39 is 11.7 Å². The summed E-state index contributed by atoms with van der Waals surface area (Å²) in [6, 6.07) is 5.32. The Labute approximate surface area is 136 Å². The highest BCUT2D eigenvalue weighted by atomic mass is 35.5. The van der Waals surface area contributed by atoms with Crippen LogP contribution in [-0.2, 0) is 6.18 Å². The summed E-state index contributed by atoms with van der Waals surface area (Å²) in [7, 11) is 0. The van der Waals surface area contributed by atoms with Gasteiger partial charge in [-0.1, -0.05) is 23.4 Å². The molecule has 0 aliphatic carbocycles. The Kier molecular flexibility index (Phi) is 5.45. The molecule has 0 aliphatic heterocycles. The molecule has 2 aromatic rings. The molecule has 1 aromatic heterocycles. The lowest BCUT2D eigenvalue weighted by Gasteiger charge is -2.09. The number of hydrogen-bond donors (Lipinski definition) is 1. The minimum absolute atomic E-state index is 0.0312. The van der Waals surface area contributed by atoms with Gasteiger partial charge in [-0.05, 0) is 25.1 Å². The molecule has 0 atom stereocenters. The first-order chi connectivity index (χ1) is 10.9. The summed E-state index contributed by atoms with van der Waals surface area (Å²) in [5.41, 5.74) is -0.0822. The van der Waals surface area contributed by atoms with Gasteiger partial charge in [0.15, 0.2) is 0 Å². The summed E-state index contributed by atoms with van der Waals surface area (Å²) in [6.07, 6.45) is -2.67. The van der Waals surface area contributed by atoms with Gasteiger partial charge in [-0.3, -0.25) is 0 Å². The number of aromatic nitrogens is 2. The molecule has 1 N–H and O–H groups in total. The molecule has 0 aliphatic rings. The molecule has 2 rings (SSSR count). The van der Waals surface area contributed by atoms with Crippen LogP contribution in [0.25, 0.3) is 0 Å². The van der Waals surface area contributed by atoms with Gasteiger partial charge in [0, 0.05) is 35.3 Å². The van der Waals surface area contributed by atoms with Gasteiger partial charge in [-0.2, -0.15) is 13.2 Å². The zero-order valence-electron chi connectivity index (χ0n) is 12.2. The maximum Gasteiger partial charge on any atom is 0.417 e. The molecule has 0 saturated carbocycles. The average molecular weight is 340 g/mol. The Morgan fingerprint density at radius 2 is 2.00 bits per heavy atom. The lowest BCUT2D eigenvalue weighted by Crippen LogP contribution is -2.07. The number of alkyl halides is 3. The zero-order chi connectivity index (χ0) is 16.9. The number of anilines is 1. The van der Waals surface area contributed by atoms with Crippen molar-refractivity contribution in [3.63, 3.8) is 0 Å². The molecular weight excluding hydrogens is 327 g/mol. The Balaban J connectivity index is 2.00. The number of aryl methyl sites for hydroxylation is 1. The van der Waals surface area contributed by atoms with E-state index in [9.17, 15) is 13.2 Å². The summed E-state index contributed by atoms with van der Waals surface area (Å²) < 4.78 is 38.7. The van der Waals surface area contributed by atoms with Crippen molar-refractivity contribution in [2.75, 3.05) is 11.9 Å². The monoisotopic (exact) mass is 339 g/mol. The number of benzene rings is 1. The van der Waals surface area contributed by atoms with E-state index in [0.717, 1.165) is 11.8 Å². The minimum atomic E-state index is -4.48. The summed E-state index contributed by atoms with van der Waals surface area (Å²) in [5.74, 6) is 5.92. The summed E-state index contributed by atoms with van der Waals surface area (Å²) >= 11 is 5.62. The van der Waals surface area contributed by atoms with Gasteiger partial charge in [0.25, 0.3) is 0 Å². The van der Waals surface area contributed by atoms with Gasteiger partial charge in [0.1, 0.15) is 12.1 Å². The fourth-order valence-corrected chi connectivity index (χ4v) is 1.99. The van der Waals surface area contributed by atoms with Crippen LogP contribution in [0.5, 0.6) is 0 Å². The van der Waals surface area contributed by atoms with E-state index in [1.54, 1.807) is 6.07 Å². The van der Waals surface area contributed by atoms with Gasteiger partial charge in [0.05, 0.1) is 5.56 Å². The predicted molar refractivity (Wildman–Crippen MR) is 83.2 cm³/mol. The van der Waals surface area contributed by atoms with E-state index in [1.807, 2.05) is 6.92 Å². The molecular formula is C16H13ClF3N3. The van der Waals surface area contributed by atoms with Crippen LogP contribution in [0.15, 0.2) is 30.6 Å². The molecule has 0 amide bonds. The predicted octanol–water partition coefficient (Wildman–Crippen LogP) is 4.31. The van der Waals surface area contributed by atoms with E-state index in [2.05, 4.69) is 27.1 Å². The topological polar surface area (TPSA) is 37.8 Å². The van der Waals surface area contributed by atoms with Crippen LogP contribution in [0.1, 0.15) is 23.2 Å². The van der Waals surface area contributed by atoms with Gasteiger partial charge in [-0.25, -0.2) is 9.97 Å². The van der Waals surface area contributed by atoms with Crippen molar-refractivity contribution >= 4 is 17.4 Å². The molecule has 0 spiro atoms. The Morgan fingerprint density at radius 1 is 1.22 bits per heavy atom. The van der Waals surface area contributed by atoms with E-state index in [0.29, 0.717) is 18.8 Å². The molecule has 1 aromatic carbocycles. The van der Waals surface area contributed by atoms with Crippen LogP contribution in [0.3, 0.4) is 0 Å². The van der Waals surface area contributed by atoms with Crippen molar-refractivity contribution in [2.45, 2.75) is 19.5 Å². The SMILES string of the molecule is Cc1cc(NCCC#Cc2ccc(Cl)cc2C(F)(F)F)ncn1. The third-order valence-corrected chi connectivity index (χ3v) is 3.11. The molecule has 23 heavy (non-hydrogen) atoms. The smallest absolute Gasteiger partial charge is 0.369 e. The lowest BCUT2D eigenvalue weighted by atomic mass is 10.1. The number of halogens is 4. The maximum absolute atomic E-state index is 12.9. The molecule has 1 heterocycles. The van der Waals surface area contributed by atoms with Crippen LogP contribution < -0.4 is 5.32 Å². The lowest BCUT2D eigenvalue weighted by molar-refractivity contribution is -0.137. The first kappa shape index (κ1) is 17.1. The number of nitrogens with zero attached hydrogens (tertiary/aromatic N) is 2. The third-order valence-electron chi connectivity index (χ3n) is 2.87. The molecule has 120 valence electrons. The van der Waals surface area contributed by atoms with Crippen molar-refractivity contribution < 1.29 is 13.2 Å². The van der Waals surface area contributed by atoms with Crippen LogP contribution in [0.2, 0.25) is 5.02 Å². The highest BCUT2D eigenvalue weighted by Crippen LogP contribution is 2.33. The van der Waals surface area contributed by atoms with Gasteiger partial charge in [0.2, 0.25) is 0 Å². The average Bonchev–Trinajstić information content (AvgIpc) is 2.47. The standard InChI is InChI=1S/C16H13ClF3N3/c1-11-8-15(23-10-22-11)21-7-3-2-4-12-5-6-13(17)9-14(12)16(18,19)20/h5-6,8-10H,3,7H2,1H3,(H,21,22,23). The third kappa shape index (κ3) is 5.15. The molecule has 7 heteroatoms. The van der Waals surface area contributed by atoms with Gasteiger partial charge >= 0.3 is 6.18 Å². The number of rotatable bonds is 3. The second kappa shape index (κ2) is 7.34. The Hall–Kier alpha value is -2.26. The number of nitrogens with one attached hydrogen (secondary N) is 1. The highest BCUT2D eigenvalue weighted by molar-refractivity contribution is 6.30. The van der Waals surface area contributed by atoms with E-state index in [1.165, 1.54) is 18.5 Å².